The Morgan fingerprint density at radius 1 is 1.43 bits per heavy atom. The van der Waals surface area contributed by atoms with Crippen LogP contribution in [0.5, 0.6) is 0 Å². The van der Waals surface area contributed by atoms with Crippen molar-refractivity contribution in [1.29, 1.82) is 0 Å². The van der Waals surface area contributed by atoms with Crippen molar-refractivity contribution in [3.05, 3.63) is 24.4 Å². The molecule has 0 saturated heterocycles. The second-order valence-electron chi connectivity index (χ2n) is 1.37. The third-order valence-corrected chi connectivity index (χ3v) is 1.35. The third kappa shape index (κ3) is 1.38. The molecular weight excluding hydrogens is 153 g/mol. The van der Waals surface area contributed by atoms with E-state index < -0.39 is 0 Å². The van der Waals surface area contributed by atoms with E-state index in [-0.39, 0.29) is 0 Å². The van der Waals surface area contributed by atoms with E-state index in [1.807, 2.05) is 21.9 Å². The van der Waals surface area contributed by atoms with Gasteiger partial charge in [-0.05, 0) is 0 Å². The molecule has 1 aliphatic heterocycles. The fraction of sp³-hybridized carbons (Fsp3) is 0.200. The van der Waals surface area contributed by atoms with Gasteiger partial charge in [0.15, 0.2) is 0 Å². The van der Waals surface area contributed by atoms with E-state index in [0.717, 1.165) is 6.54 Å². The number of nitrogens with zero attached hydrogens (tertiary/aromatic N) is 1. The van der Waals surface area contributed by atoms with Gasteiger partial charge in [-0.1, -0.05) is 0 Å². The zero-order valence-corrected chi connectivity index (χ0v) is 5.59. The van der Waals surface area contributed by atoms with Crippen molar-refractivity contribution >= 4 is 15.8 Å². The molecule has 0 saturated carbocycles. The van der Waals surface area contributed by atoms with E-state index in [2.05, 4.69) is 21.9 Å². The van der Waals surface area contributed by atoms with Crippen LogP contribution in [-0.4, -0.2) is 25.9 Å². The minimum absolute atomic E-state index is 0.997. The summed E-state index contributed by atoms with van der Waals surface area (Å²) in [4.78, 5) is 0. The van der Waals surface area contributed by atoms with Crippen molar-refractivity contribution in [3.63, 3.8) is 0 Å². The summed E-state index contributed by atoms with van der Waals surface area (Å²) >= 11 is 2.87. The molecule has 36 valence electrons. The zero-order valence-electron chi connectivity index (χ0n) is 3.87. The van der Waals surface area contributed by atoms with Gasteiger partial charge in [0.25, 0.3) is 0 Å². The van der Waals surface area contributed by atoms with E-state index in [9.17, 15) is 0 Å². The molecule has 0 aliphatic carbocycles. The third-order valence-electron chi connectivity index (χ3n) is 0.785. The van der Waals surface area contributed by atoms with E-state index in [4.69, 9.17) is 0 Å². The Bertz CT molecular complexity index is 135. The average Bonchev–Trinajstić information content (AvgIpc) is 1.69. The number of allylic oxidation sites excluding steroid dienone is 2. The van der Waals surface area contributed by atoms with Gasteiger partial charge in [-0.3, -0.25) is 0 Å². The molecule has 0 amide bonds. The Hall–Kier alpha value is -0.201. The van der Waals surface area contributed by atoms with Gasteiger partial charge < -0.3 is 0 Å². The monoisotopic (exact) mass is 160 g/mol. The second-order valence-corrected chi connectivity index (χ2v) is 2.35. The first kappa shape index (κ1) is 4.95. The minimum atomic E-state index is 0.997. The Morgan fingerprint density at radius 2 is 2.29 bits per heavy atom. The molecule has 7 heavy (non-hydrogen) atoms. The van der Waals surface area contributed by atoms with Gasteiger partial charge in [0.05, 0.1) is 0 Å². The van der Waals surface area contributed by atoms with Gasteiger partial charge in [0, 0.05) is 0 Å². The first-order valence-electron chi connectivity index (χ1n) is 2.17. The van der Waals surface area contributed by atoms with Gasteiger partial charge in [0.1, 0.15) is 0 Å². The van der Waals surface area contributed by atoms with Crippen LogP contribution in [0, 0.1) is 0 Å². The molecule has 0 N–H and O–H groups in total. The molecule has 1 rings (SSSR count). The SMILES string of the molecule is [Se]=[N+]1C=CC=CC1. The summed E-state index contributed by atoms with van der Waals surface area (Å²) in [6.45, 7) is 0.997. The van der Waals surface area contributed by atoms with Crippen LogP contribution in [0.15, 0.2) is 24.4 Å². The molecule has 0 spiro atoms. The van der Waals surface area contributed by atoms with Crippen molar-refractivity contribution in [1.82, 2.24) is 0 Å². The average molecular weight is 159 g/mol. The predicted molar refractivity (Wildman–Crippen MR) is 29.2 cm³/mol. The molecule has 0 atom stereocenters. The van der Waals surface area contributed by atoms with Crippen LogP contribution in [0.1, 0.15) is 0 Å². The Morgan fingerprint density at radius 3 is 2.57 bits per heavy atom. The molecule has 0 aromatic heterocycles. The van der Waals surface area contributed by atoms with Crippen LogP contribution < -0.4 is 0 Å². The van der Waals surface area contributed by atoms with Gasteiger partial charge in [-0.2, -0.15) is 0 Å². The summed E-state index contributed by atoms with van der Waals surface area (Å²) in [5.41, 5.74) is 0. The molecule has 0 aromatic carbocycles. The molecule has 1 nitrogen and oxygen atoms in total. The quantitative estimate of drug-likeness (QED) is 0.451. The van der Waals surface area contributed by atoms with E-state index in [1.165, 1.54) is 0 Å². The van der Waals surface area contributed by atoms with Gasteiger partial charge in [-0.15, -0.1) is 0 Å². The summed E-state index contributed by atoms with van der Waals surface area (Å²) in [5.74, 6) is 0. The van der Waals surface area contributed by atoms with Gasteiger partial charge >= 0.3 is 50.3 Å². The van der Waals surface area contributed by atoms with Crippen LogP contribution in [-0.2, 0) is 0 Å². The molecule has 2 heteroatoms. The maximum absolute atomic E-state index is 2.87. The van der Waals surface area contributed by atoms with Crippen molar-refractivity contribution in [3.8, 4) is 0 Å². The molecular formula is C5H6NSe+. The van der Waals surface area contributed by atoms with Gasteiger partial charge in [-0.25, -0.2) is 0 Å². The van der Waals surface area contributed by atoms with Gasteiger partial charge in [0.2, 0.25) is 0 Å². The summed E-state index contributed by atoms with van der Waals surface area (Å²) in [5, 5.41) is 0. The molecule has 0 bridgehead atoms. The zero-order chi connectivity index (χ0) is 5.11. The normalized spacial score (nSPS) is 18.0. The Balaban J connectivity index is 2.66. The molecule has 0 aromatic rings. The topological polar surface area (TPSA) is 3.01 Å². The standard InChI is InChI=1S/C5H6NSe/c7-6-4-2-1-3-5-6/h1-4H,5H2/q+1. The molecule has 0 unspecified atom stereocenters. The summed E-state index contributed by atoms with van der Waals surface area (Å²) < 4.78 is 2.00. The maximum atomic E-state index is 2.87. The Kier molecular flexibility index (Phi) is 1.55. The molecule has 1 heterocycles. The summed E-state index contributed by atoms with van der Waals surface area (Å²) in [6.07, 6.45) is 8.13. The van der Waals surface area contributed by atoms with Crippen molar-refractivity contribution in [2.24, 2.45) is 0 Å². The van der Waals surface area contributed by atoms with E-state index >= 15 is 0 Å². The number of rotatable bonds is 0. The Labute approximate surface area is 50.9 Å². The van der Waals surface area contributed by atoms with E-state index in [1.54, 1.807) is 0 Å². The van der Waals surface area contributed by atoms with Crippen LogP contribution >= 0.6 is 0 Å². The molecule has 0 radical (unpaired) electrons. The fourth-order valence-corrected chi connectivity index (χ4v) is 0.778. The molecule has 0 fully saturated rings. The van der Waals surface area contributed by atoms with Crippen molar-refractivity contribution in [2.45, 2.75) is 0 Å². The number of hydrogen-bond acceptors (Lipinski definition) is 0. The second kappa shape index (κ2) is 2.20. The first-order chi connectivity index (χ1) is 3.39. The van der Waals surface area contributed by atoms with Crippen LogP contribution in [0.4, 0.5) is 0 Å². The molecule has 1 aliphatic rings. The van der Waals surface area contributed by atoms with Crippen molar-refractivity contribution < 1.29 is 3.55 Å². The van der Waals surface area contributed by atoms with Crippen LogP contribution in [0.2, 0.25) is 0 Å². The van der Waals surface area contributed by atoms with Crippen molar-refractivity contribution in [2.75, 3.05) is 6.54 Å². The van der Waals surface area contributed by atoms with E-state index in [0.29, 0.717) is 0 Å². The van der Waals surface area contributed by atoms with Crippen LogP contribution in [0.3, 0.4) is 0 Å². The summed E-state index contributed by atoms with van der Waals surface area (Å²) in [6, 6.07) is 0. The fourth-order valence-electron chi connectivity index (χ4n) is 0.450. The van der Waals surface area contributed by atoms with Crippen LogP contribution in [0.25, 0.3) is 0 Å². The summed E-state index contributed by atoms with van der Waals surface area (Å²) in [7, 11) is 0. The predicted octanol–water partition coefficient (Wildman–Crippen LogP) is 0.434. The number of hydrogen-bond donors (Lipinski definition) is 0. The first-order valence-corrected chi connectivity index (χ1v) is 2.93.